The molecule has 2 aromatic carbocycles. The maximum atomic E-state index is 12.1. The Hall–Kier alpha value is -1.76. The summed E-state index contributed by atoms with van der Waals surface area (Å²) in [6.07, 6.45) is 2.59. The molecular formula is C18H20Cl2N2O3S. The fourth-order valence-corrected chi connectivity index (χ4v) is 3.55. The van der Waals surface area contributed by atoms with Gasteiger partial charge < -0.3 is 5.32 Å². The Morgan fingerprint density at radius 1 is 1.08 bits per heavy atom. The molecule has 2 aromatic rings. The minimum absolute atomic E-state index is 0.292. The minimum Gasteiger partial charge on any atom is -0.355 e. The number of sulfonamides is 1. The van der Waals surface area contributed by atoms with Crippen LogP contribution in [-0.4, -0.2) is 33.7 Å². The molecule has 0 aliphatic heterocycles. The number of rotatable bonds is 8. The summed E-state index contributed by atoms with van der Waals surface area (Å²) in [6.45, 7) is 0.161. The molecule has 0 heterocycles. The lowest BCUT2D eigenvalue weighted by Crippen LogP contribution is -2.40. The zero-order chi connectivity index (χ0) is 19.2. The highest BCUT2D eigenvalue weighted by Crippen LogP contribution is 2.21. The molecule has 0 bridgehead atoms. The summed E-state index contributed by atoms with van der Waals surface area (Å²) in [6, 6.07) is 13.9. The fraction of sp³-hybridized carbons (Fsp3) is 0.278. The third-order valence-corrected chi connectivity index (χ3v) is 5.29. The summed E-state index contributed by atoms with van der Waals surface area (Å²) in [4.78, 5) is 12.1. The van der Waals surface area contributed by atoms with Crippen LogP contribution >= 0.6 is 23.2 Å². The molecule has 5 nitrogen and oxygen atoms in total. The third-order valence-electron chi connectivity index (χ3n) is 3.66. The van der Waals surface area contributed by atoms with E-state index in [0.717, 1.165) is 29.0 Å². The van der Waals surface area contributed by atoms with Crippen LogP contribution in [0.1, 0.15) is 12.0 Å². The first kappa shape index (κ1) is 20.6. The van der Waals surface area contributed by atoms with E-state index in [9.17, 15) is 13.2 Å². The molecule has 0 atom stereocenters. The lowest BCUT2D eigenvalue weighted by atomic mass is 10.1. The van der Waals surface area contributed by atoms with Gasteiger partial charge in [0.2, 0.25) is 15.9 Å². The molecule has 1 amide bonds. The highest BCUT2D eigenvalue weighted by atomic mass is 35.5. The second-order valence-electron chi connectivity index (χ2n) is 5.83. The van der Waals surface area contributed by atoms with Crippen molar-refractivity contribution in [2.75, 3.05) is 23.7 Å². The molecular weight excluding hydrogens is 395 g/mol. The highest BCUT2D eigenvalue weighted by Gasteiger charge is 2.20. The molecule has 0 fully saturated rings. The number of anilines is 1. The zero-order valence-corrected chi connectivity index (χ0v) is 16.6. The Balaban J connectivity index is 1.88. The van der Waals surface area contributed by atoms with E-state index in [0.29, 0.717) is 22.3 Å². The van der Waals surface area contributed by atoms with Gasteiger partial charge in [0.05, 0.1) is 11.9 Å². The van der Waals surface area contributed by atoms with Gasteiger partial charge in [-0.15, -0.1) is 0 Å². The van der Waals surface area contributed by atoms with E-state index >= 15 is 0 Å². The minimum atomic E-state index is -3.61. The Morgan fingerprint density at radius 2 is 1.77 bits per heavy atom. The van der Waals surface area contributed by atoms with Crippen LogP contribution in [-0.2, 0) is 21.2 Å². The van der Waals surface area contributed by atoms with E-state index in [1.165, 1.54) is 6.07 Å². The van der Waals surface area contributed by atoms with Crippen molar-refractivity contribution < 1.29 is 13.2 Å². The Morgan fingerprint density at radius 3 is 2.38 bits per heavy atom. The van der Waals surface area contributed by atoms with Gasteiger partial charge in [0.25, 0.3) is 0 Å². The van der Waals surface area contributed by atoms with Crippen LogP contribution in [0.2, 0.25) is 10.0 Å². The molecule has 0 aliphatic carbocycles. The van der Waals surface area contributed by atoms with E-state index in [1.807, 2.05) is 24.3 Å². The number of nitrogens with one attached hydrogen (secondary N) is 1. The van der Waals surface area contributed by atoms with Crippen molar-refractivity contribution in [2.45, 2.75) is 12.8 Å². The summed E-state index contributed by atoms with van der Waals surface area (Å²) >= 11 is 11.8. The fourth-order valence-electron chi connectivity index (χ4n) is 2.39. The van der Waals surface area contributed by atoms with Gasteiger partial charge in [0, 0.05) is 16.6 Å². The van der Waals surface area contributed by atoms with E-state index < -0.39 is 10.0 Å². The van der Waals surface area contributed by atoms with Crippen LogP contribution in [0, 0.1) is 0 Å². The van der Waals surface area contributed by atoms with Gasteiger partial charge in [-0.1, -0.05) is 41.4 Å². The zero-order valence-electron chi connectivity index (χ0n) is 14.3. The molecule has 0 spiro atoms. The summed E-state index contributed by atoms with van der Waals surface area (Å²) in [7, 11) is -3.61. The van der Waals surface area contributed by atoms with E-state index in [-0.39, 0.29) is 12.5 Å². The van der Waals surface area contributed by atoms with Crippen molar-refractivity contribution in [1.82, 2.24) is 5.32 Å². The highest BCUT2D eigenvalue weighted by molar-refractivity contribution is 7.92. The lowest BCUT2D eigenvalue weighted by molar-refractivity contribution is -0.119. The quantitative estimate of drug-likeness (QED) is 0.671. The molecule has 2 rings (SSSR count). The average molecular weight is 415 g/mol. The molecule has 0 aromatic heterocycles. The van der Waals surface area contributed by atoms with E-state index in [4.69, 9.17) is 23.2 Å². The number of carbonyl (C=O) groups excluding carboxylic acids is 1. The number of aryl methyl sites for hydroxylation is 1. The monoisotopic (exact) mass is 414 g/mol. The van der Waals surface area contributed by atoms with E-state index in [1.54, 1.807) is 18.2 Å². The number of halogens is 2. The normalized spacial score (nSPS) is 11.2. The first-order chi connectivity index (χ1) is 12.3. The van der Waals surface area contributed by atoms with Gasteiger partial charge in [0.1, 0.15) is 6.54 Å². The summed E-state index contributed by atoms with van der Waals surface area (Å²) in [5, 5.41) is 3.83. The second kappa shape index (κ2) is 9.26. The number of amides is 1. The maximum Gasteiger partial charge on any atom is 0.240 e. The molecule has 0 saturated heterocycles. The number of nitrogens with zero attached hydrogens (tertiary/aromatic N) is 1. The first-order valence-electron chi connectivity index (χ1n) is 8.00. The van der Waals surface area contributed by atoms with Gasteiger partial charge in [0.15, 0.2) is 0 Å². The summed E-state index contributed by atoms with van der Waals surface area (Å²) in [5.41, 5.74) is 1.48. The topological polar surface area (TPSA) is 66.5 Å². The molecule has 0 saturated carbocycles. The van der Waals surface area contributed by atoms with Crippen molar-refractivity contribution in [3.05, 3.63) is 64.1 Å². The molecule has 26 heavy (non-hydrogen) atoms. The third kappa shape index (κ3) is 6.52. The van der Waals surface area contributed by atoms with Crippen molar-refractivity contribution in [1.29, 1.82) is 0 Å². The van der Waals surface area contributed by atoms with Crippen LogP contribution in [0.15, 0.2) is 48.5 Å². The predicted molar refractivity (Wildman–Crippen MR) is 106 cm³/mol. The van der Waals surface area contributed by atoms with Crippen LogP contribution in [0.3, 0.4) is 0 Å². The number of carbonyl (C=O) groups is 1. The second-order valence-corrected chi connectivity index (χ2v) is 8.61. The number of hydrogen-bond acceptors (Lipinski definition) is 3. The SMILES string of the molecule is CS(=O)(=O)N(CC(=O)NCCCc1ccc(Cl)cc1)c1cccc(Cl)c1. The Labute approximate surface area is 164 Å². The largest absolute Gasteiger partial charge is 0.355 e. The van der Waals surface area contributed by atoms with Crippen LogP contribution in [0.25, 0.3) is 0 Å². The maximum absolute atomic E-state index is 12.1. The van der Waals surface area contributed by atoms with Gasteiger partial charge in [-0.25, -0.2) is 8.42 Å². The molecule has 0 unspecified atom stereocenters. The average Bonchev–Trinajstić information content (AvgIpc) is 2.57. The molecule has 8 heteroatoms. The predicted octanol–water partition coefficient (Wildman–Crippen LogP) is 3.51. The molecule has 0 radical (unpaired) electrons. The Bertz CT molecular complexity index is 855. The van der Waals surface area contributed by atoms with Crippen molar-refractivity contribution in [2.24, 2.45) is 0 Å². The number of benzene rings is 2. The van der Waals surface area contributed by atoms with Crippen molar-refractivity contribution in [3.63, 3.8) is 0 Å². The molecule has 140 valence electrons. The van der Waals surface area contributed by atoms with Crippen molar-refractivity contribution >= 4 is 44.8 Å². The van der Waals surface area contributed by atoms with Gasteiger partial charge in [-0.3, -0.25) is 9.10 Å². The van der Waals surface area contributed by atoms with E-state index in [2.05, 4.69) is 5.32 Å². The smallest absolute Gasteiger partial charge is 0.240 e. The molecule has 1 N–H and O–H groups in total. The Kier molecular flexibility index (Phi) is 7.32. The van der Waals surface area contributed by atoms with Gasteiger partial charge in [-0.2, -0.15) is 0 Å². The summed E-state index contributed by atoms with van der Waals surface area (Å²) < 4.78 is 25.1. The standard InChI is InChI=1S/C18H20Cl2N2O3S/c1-26(24,25)22(17-6-2-5-16(20)12-17)13-18(23)21-11-3-4-14-7-9-15(19)10-8-14/h2,5-10,12H,3-4,11,13H2,1H3,(H,21,23). The van der Waals surface area contributed by atoms with Crippen LogP contribution in [0.4, 0.5) is 5.69 Å². The van der Waals surface area contributed by atoms with Crippen molar-refractivity contribution in [3.8, 4) is 0 Å². The number of hydrogen-bond donors (Lipinski definition) is 1. The summed E-state index contributed by atoms with van der Waals surface area (Å²) in [5.74, 6) is -0.369. The van der Waals surface area contributed by atoms with Crippen LogP contribution < -0.4 is 9.62 Å². The van der Waals surface area contributed by atoms with Gasteiger partial charge >= 0.3 is 0 Å². The van der Waals surface area contributed by atoms with Crippen LogP contribution in [0.5, 0.6) is 0 Å². The first-order valence-corrected chi connectivity index (χ1v) is 10.6. The molecule has 0 aliphatic rings. The lowest BCUT2D eigenvalue weighted by Gasteiger charge is -2.22. The van der Waals surface area contributed by atoms with Gasteiger partial charge in [-0.05, 0) is 48.7 Å².